The minimum atomic E-state index is -6.97. The molecule has 0 atom stereocenters. The molecule has 2 aromatic carbocycles. The van der Waals surface area contributed by atoms with Crippen molar-refractivity contribution in [3.05, 3.63) is 60.7 Å². The van der Waals surface area contributed by atoms with E-state index in [0.29, 0.717) is 0 Å². The molecule has 0 spiro atoms. The minimum absolute atomic E-state index is 0.146. The SMILES string of the molecule is O=S(=O)(OSc1ccccc1)C(F)(F)C(F)(F)C(F)(F)S(=O)(=O)OSc1ccccc1. The number of halogens is 6. The number of alkyl halides is 6. The van der Waals surface area contributed by atoms with Gasteiger partial charge in [0, 0.05) is 33.9 Å². The van der Waals surface area contributed by atoms with Crippen LogP contribution in [0.1, 0.15) is 0 Å². The molecule has 0 unspecified atom stereocenters. The molecule has 0 aliphatic carbocycles. The highest BCUT2D eigenvalue weighted by Gasteiger charge is 2.83. The molecule has 0 saturated carbocycles. The zero-order valence-electron chi connectivity index (χ0n) is 14.6. The van der Waals surface area contributed by atoms with Gasteiger partial charge in [-0.05, 0) is 24.3 Å². The van der Waals surface area contributed by atoms with Crippen molar-refractivity contribution in [1.82, 2.24) is 0 Å². The average Bonchev–Trinajstić information content (AvgIpc) is 2.72. The van der Waals surface area contributed by atoms with Crippen molar-refractivity contribution in [2.24, 2.45) is 0 Å². The largest absolute Gasteiger partial charge is 0.440 e. The number of rotatable bonds is 10. The van der Waals surface area contributed by atoms with E-state index in [1.54, 1.807) is 0 Å². The summed E-state index contributed by atoms with van der Waals surface area (Å²) in [5.41, 5.74) is 0. The van der Waals surface area contributed by atoms with Crippen molar-refractivity contribution >= 4 is 44.3 Å². The fourth-order valence-corrected chi connectivity index (χ4v) is 5.20. The predicted molar refractivity (Wildman–Crippen MR) is 99.4 cm³/mol. The molecule has 0 saturated heterocycles. The Balaban J connectivity index is 2.27. The van der Waals surface area contributed by atoms with Gasteiger partial charge in [-0.3, -0.25) is 0 Å². The molecule has 0 aromatic heterocycles. The van der Waals surface area contributed by atoms with Gasteiger partial charge in [-0.1, -0.05) is 36.4 Å². The maximum atomic E-state index is 14.0. The van der Waals surface area contributed by atoms with E-state index < -0.39 is 36.7 Å². The van der Waals surface area contributed by atoms with Gasteiger partial charge in [0.2, 0.25) is 0 Å². The van der Waals surface area contributed by atoms with E-state index in [1.165, 1.54) is 36.4 Å². The molecule has 0 aliphatic heterocycles. The molecule has 172 valence electrons. The van der Waals surface area contributed by atoms with Crippen molar-refractivity contribution in [3.8, 4) is 0 Å². The third-order valence-electron chi connectivity index (χ3n) is 3.29. The molecule has 0 amide bonds. The van der Waals surface area contributed by atoms with E-state index >= 15 is 0 Å². The van der Waals surface area contributed by atoms with Gasteiger partial charge in [-0.2, -0.15) is 50.4 Å². The molecule has 16 heteroatoms. The lowest BCUT2D eigenvalue weighted by Gasteiger charge is -2.30. The summed E-state index contributed by atoms with van der Waals surface area (Å²) >= 11 is -0.670. The molecule has 2 aromatic rings. The Morgan fingerprint density at radius 1 is 0.581 bits per heavy atom. The molecule has 2 rings (SSSR count). The summed E-state index contributed by atoms with van der Waals surface area (Å²) in [6, 6.07) is 12.7. The average molecular weight is 528 g/mol. The zero-order chi connectivity index (χ0) is 23.6. The summed E-state index contributed by atoms with van der Waals surface area (Å²) < 4.78 is 138. The monoisotopic (exact) mass is 528 g/mol. The molecule has 0 radical (unpaired) electrons. The van der Waals surface area contributed by atoms with Gasteiger partial charge in [0.15, 0.2) is 0 Å². The first-order valence-corrected chi connectivity index (χ1v) is 11.9. The highest BCUT2D eigenvalue weighted by Crippen LogP contribution is 2.52. The Labute approximate surface area is 181 Å². The first-order chi connectivity index (χ1) is 14.2. The Hall–Kier alpha value is -1.46. The zero-order valence-corrected chi connectivity index (χ0v) is 17.9. The predicted octanol–water partition coefficient (Wildman–Crippen LogP) is 4.91. The summed E-state index contributed by atoms with van der Waals surface area (Å²) in [7, 11) is -13.5. The minimum Gasteiger partial charge on any atom is -0.192 e. The van der Waals surface area contributed by atoms with Gasteiger partial charge in [-0.25, -0.2) is 0 Å². The summed E-state index contributed by atoms with van der Waals surface area (Å²) in [6.45, 7) is 0. The van der Waals surface area contributed by atoms with Crippen LogP contribution in [-0.4, -0.2) is 33.3 Å². The lowest BCUT2D eigenvalue weighted by molar-refractivity contribution is -0.246. The highest BCUT2D eigenvalue weighted by molar-refractivity contribution is 8.05. The van der Waals surface area contributed by atoms with Crippen LogP contribution in [0.4, 0.5) is 26.3 Å². The van der Waals surface area contributed by atoms with Crippen molar-refractivity contribution in [1.29, 1.82) is 0 Å². The molecule has 0 heterocycles. The van der Waals surface area contributed by atoms with Gasteiger partial charge in [-0.15, -0.1) is 0 Å². The van der Waals surface area contributed by atoms with E-state index in [1.807, 2.05) is 0 Å². The van der Waals surface area contributed by atoms with Crippen molar-refractivity contribution in [2.45, 2.75) is 26.2 Å². The molecular weight excluding hydrogens is 518 g/mol. The molecule has 0 aliphatic rings. The fourth-order valence-electron chi connectivity index (χ4n) is 1.69. The second kappa shape index (κ2) is 9.19. The summed E-state index contributed by atoms with van der Waals surface area (Å²) in [5.74, 6) is -6.97. The Morgan fingerprint density at radius 2 is 0.871 bits per heavy atom. The van der Waals surface area contributed by atoms with E-state index in [0.717, 1.165) is 24.3 Å². The van der Waals surface area contributed by atoms with Gasteiger partial charge >= 0.3 is 36.7 Å². The Kier molecular flexibility index (Phi) is 7.65. The Bertz CT molecular complexity index is 1010. The second-order valence-corrected chi connectivity index (χ2v) is 10.7. The van der Waals surface area contributed by atoms with Crippen molar-refractivity contribution < 1.29 is 50.4 Å². The van der Waals surface area contributed by atoms with Crippen LogP contribution in [0.15, 0.2) is 70.5 Å². The van der Waals surface area contributed by atoms with Gasteiger partial charge in [0.05, 0.1) is 0 Å². The molecule has 0 N–H and O–H groups in total. The molecular formula is C15H10F6O6S4. The van der Waals surface area contributed by atoms with Crippen LogP contribution in [0.3, 0.4) is 0 Å². The number of hydrogen-bond donors (Lipinski definition) is 0. The van der Waals surface area contributed by atoms with E-state index in [-0.39, 0.29) is 33.9 Å². The first-order valence-electron chi connectivity index (χ1n) is 7.61. The third-order valence-corrected chi connectivity index (χ3v) is 7.96. The molecule has 6 nitrogen and oxygen atoms in total. The van der Waals surface area contributed by atoms with Crippen LogP contribution in [0.5, 0.6) is 0 Å². The van der Waals surface area contributed by atoms with E-state index in [4.69, 9.17) is 0 Å². The molecule has 31 heavy (non-hydrogen) atoms. The second-order valence-electron chi connectivity index (χ2n) is 5.45. The van der Waals surface area contributed by atoms with E-state index in [2.05, 4.69) is 7.26 Å². The van der Waals surface area contributed by atoms with Crippen molar-refractivity contribution in [2.75, 3.05) is 0 Å². The third kappa shape index (κ3) is 5.14. The number of benzene rings is 2. The van der Waals surface area contributed by atoms with E-state index in [9.17, 15) is 43.2 Å². The smallest absolute Gasteiger partial charge is 0.192 e. The molecule has 0 bridgehead atoms. The topological polar surface area (TPSA) is 86.7 Å². The maximum Gasteiger partial charge on any atom is 0.440 e. The standard InChI is InChI=1S/C15H10F6O6S4/c16-13(17,14(18,19)30(22,23)26-28-11-7-3-1-4-8-11)15(20,21)31(24,25)27-29-12-9-5-2-6-10-12/h1-10H. The maximum absolute atomic E-state index is 14.0. The van der Waals surface area contributed by atoms with Crippen LogP contribution in [0, 0.1) is 0 Å². The normalized spacial score (nSPS) is 13.9. The van der Waals surface area contributed by atoms with Gasteiger partial charge in [0.25, 0.3) is 0 Å². The first kappa shape index (κ1) is 25.8. The highest BCUT2D eigenvalue weighted by atomic mass is 32.3. The van der Waals surface area contributed by atoms with Crippen LogP contribution in [0.2, 0.25) is 0 Å². The Morgan fingerprint density at radius 3 is 1.16 bits per heavy atom. The van der Waals surface area contributed by atoms with Gasteiger partial charge < -0.3 is 0 Å². The lowest BCUT2D eigenvalue weighted by Crippen LogP contribution is -2.60. The molecule has 0 fully saturated rings. The summed E-state index contributed by atoms with van der Waals surface area (Å²) in [5, 5.41) is -13.3. The van der Waals surface area contributed by atoms with Crippen molar-refractivity contribution in [3.63, 3.8) is 0 Å². The summed E-state index contributed by atoms with van der Waals surface area (Å²) in [6.07, 6.45) is 0. The fraction of sp³-hybridized carbons (Fsp3) is 0.200. The quantitative estimate of drug-likeness (QED) is 0.318. The van der Waals surface area contributed by atoms with Crippen LogP contribution in [0.25, 0.3) is 0 Å². The van der Waals surface area contributed by atoms with Crippen LogP contribution in [-0.2, 0) is 27.5 Å². The number of hydrogen-bond acceptors (Lipinski definition) is 8. The van der Waals surface area contributed by atoms with Gasteiger partial charge in [0.1, 0.15) is 0 Å². The lowest BCUT2D eigenvalue weighted by atomic mass is 10.3. The van der Waals surface area contributed by atoms with Crippen LogP contribution >= 0.6 is 24.1 Å². The summed E-state index contributed by atoms with van der Waals surface area (Å²) in [4.78, 5) is -0.292. The van der Waals surface area contributed by atoms with Crippen LogP contribution < -0.4 is 0 Å².